The molecule has 0 bridgehead atoms. The first kappa shape index (κ1) is 12.8. The standard InChI is InChI=1S/C11H21NO2S/c1-11(2,4-5-13)8-12-10(14)9-3-6-15-7-9/h9,13H,3-8H2,1-2H3,(H,12,14). The number of aliphatic hydroxyl groups excluding tert-OH is 1. The van der Waals surface area contributed by atoms with E-state index in [1.54, 1.807) is 0 Å². The van der Waals surface area contributed by atoms with E-state index in [0.717, 1.165) is 24.3 Å². The van der Waals surface area contributed by atoms with E-state index >= 15 is 0 Å². The van der Waals surface area contributed by atoms with Gasteiger partial charge in [-0.05, 0) is 24.0 Å². The van der Waals surface area contributed by atoms with Gasteiger partial charge >= 0.3 is 0 Å². The molecular formula is C11H21NO2S. The van der Waals surface area contributed by atoms with Crippen molar-refractivity contribution in [3.05, 3.63) is 0 Å². The van der Waals surface area contributed by atoms with Crippen molar-refractivity contribution in [1.29, 1.82) is 0 Å². The number of carbonyl (C=O) groups excluding carboxylic acids is 1. The van der Waals surface area contributed by atoms with Crippen LogP contribution >= 0.6 is 11.8 Å². The molecule has 1 atom stereocenters. The molecule has 3 nitrogen and oxygen atoms in total. The predicted octanol–water partition coefficient (Wildman–Crippen LogP) is 1.26. The molecule has 0 spiro atoms. The number of rotatable bonds is 5. The molecule has 2 N–H and O–H groups in total. The maximum absolute atomic E-state index is 11.7. The Morgan fingerprint density at radius 1 is 1.60 bits per heavy atom. The molecule has 15 heavy (non-hydrogen) atoms. The van der Waals surface area contributed by atoms with Crippen LogP contribution in [0.2, 0.25) is 0 Å². The fourth-order valence-electron chi connectivity index (χ4n) is 1.60. The van der Waals surface area contributed by atoms with Crippen molar-refractivity contribution in [1.82, 2.24) is 5.32 Å². The van der Waals surface area contributed by atoms with E-state index in [4.69, 9.17) is 5.11 Å². The van der Waals surface area contributed by atoms with Crippen LogP contribution in [-0.2, 0) is 4.79 Å². The molecule has 1 unspecified atom stereocenters. The smallest absolute Gasteiger partial charge is 0.223 e. The maximum Gasteiger partial charge on any atom is 0.223 e. The van der Waals surface area contributed by atoms with Crippen LogP contribution in [0.1, 0.15) is 26.7 Å². The van der Waals surface area contributed by atoms with Crippen molar-refractivity contribution < 1.29 is 9.90 Å². The summed E-state index contributed by atoms with van der Waals surface area (Å²) < 4.78 is 0. The third kappa shape index (κ3) is 4.43. The molecule has 1 amide bonds. The third-order valence-electron chi connectivity index (χ3n) is 2.83. The zero-order chi connectivity index (χ0) is 11.3. The minimum Gasteiger partial charge on any atom is -0.396 e. The Morgan fingerprint density at radius 2 is 2.33 bits per heavy atom. The molecule has 1 fully saturated rings. The first-order valence-corrected chi connectivity index (χ1v) is 6.67. The summed E-state index contributed by atoms with van der Waals surface area (Å²) >= 11 is 1.85. The highest BCUT2D eigenvalue weighted by molar-refractivity contribution is 7.99. The average molecular weight is 231 g/mol. The van der Waals surface area contributed by atoms with E-state index in [1.807, 2.05) is 11.8 Å². The van der Waals surface area contributed by atoms with E-state index in [-0.39, 0.29) is 23.8 Å². The van der Waals surface area contributed by atoms with E-state index < -0.39 is 0 Å². The summed E-state index contributed by atoms with van der Waals surface area (Å²) in [6, 6.07) is 0. The molecule has 88 valence electrons. The number of hydrogen-bond acceptors (Lipinski definition) is 3. The Hall–Kier alpha value is -0.220. The van der Waals surface area contributed by atoms with Crippen molar-refractivity contribution >= 4 is 17.7 Å². The summed E-state index contributed by atoms with van der Waals surface area (Å²) in [6.07, 6.45) is 1.74. The van der Waals surface area contributed by atoms with Crippen molar-refractivity contribution in [2.75, 3.05) is 24.7 Å². The minimum atomic E-state index is -0.00381. The fourth-order valence-corrected chi connectivity index (χ4v) is 2.82. The molecule has 1 saturated heterocycles. The third-order valence-corrected chi connectivity index (χ3v) is 3.99. The largest absolute Gasteiger partial charge is 0.396 e. The van der Waals surface area contributed by atoms with Crippen LogP contribution in [0, 0.1) is 11.3 Å². The lowest BCUT2D eigenvalue weighted by atomic mass is 9.89. The molecule has 0 aromatic rings. The van der Waals surface area contributed by atoms with Gasteiger partial charge in [0, 0.05) is 24.8 Å². The second-order valence-electron chi connectivity index (χ2n) is 4.92. The number of carbonyl (C=O) groups is 1. The van der Waals surface area contributed by atoms with Crippen molar-refractivity contribution in [2.45, 2.75) is 26.7 Å². The van der Waals surface area contributed by atoms with Crippen LogP contribution in [0.3, 0.4) is 0 Å². The number of amides is 1. The Labute approximate surface area is 96.0 Å². The first-order valence-electron chi connectivity index (χ1n) is 5.51. The monoisotopic (exact) mass is 231 g/mol. The summed E-state index contributed by atoms with van der Waals surface area (Å²) in [6.45, 7) is 4.97. The first-order chi connectivity index (χ1) is 7.05. The van der Waals surface area contributed by atoms with Crippen LogP contribution in [0.5, 0.6) is 0 Å². The van der Waals surface area contributed by atoms with E-state index in [2.05, 4.69) is 19.2 Å². The van der Waals surface area contributed by atoms with Crippen molar-refractivity contribution in [3.63, 3.8) is 0 Å². The van der Waals surface area contributed by atoms with Crippen molar-refractivity contribution in [3.8, 4) is 0 Å². The van der Waals surface area contributed by atoms with E-state index in [0.29, 0.717) is 6.54 Å². The Morgan fingerprint density at radius 3 is 2.87 bits per heavy atom. The van der Waals surface area contributed by atoms with Crippen molar-refractivity contribution in [2.24, 2.45) is 11.3 Å². The summed E-state index contributed by atoms with van der Waals surface area (Å²) in [5.74, 6) is 2.47. The maximum atomic E-state index is 11.7. The summed E-state index contributed by atoms with van der Waals surface area (Å²) in [5, 5.41) is 11.8. The van der Waals surface area contributed by atoms with Gasteiger partial charge in [-0.2, -0.15) is 11.8 Å². The molecule has 4 heteroatoms. The SMILES string of the molecule is CC(C)(CCO)CNC(=O)C1CCSC1. The summed E-state index contributed by atoms with van der Waals surface area (Å²) in [4.78, 5) is 11.7. The lowest BCUT2D eigenvalue weighted by Gasteiger charge is -2.24. The van der Waals surface area contributed by atoms with Gasteiger partial charge in [-0.1, -0.05) is 13.8 Å². The number of nitrogens with one attached hydrogen (secondary N) is 1. The highest BCUT2D eigenvalue weighted by atomic mass is 32.2. The second kappa shape index (κ2) is 5.75. The molecule has 1 heterocycles. The van der Waals surface area contributed by atoms with Gasteiger partial charge in [0.05, 0.1) is 0 Å². The summed E-state index contributed by atoms with van der Waals surface area (Å²) in [7, 11) is 0. The fraction of sp³-hybridized carbons (Fsp3) is 0.909. The quantitative estimate of drug-likeness (QED) is 0.749. The van der Waals surface area contributed by atoms with Gasteiger partial charge in [0.1, 0.15) is 0 Å². The molecule has 1 aliphatic rings. The van der Waals surface area contributed by atoms with Crippen LogP contribution in [0.15, 0.2) is 0 Å². The van der Waals surface area contributed by atoms with Crippen LogP contribution < -0.4 is 5.32 Å². The number of aliphatic hydroxyl groups is 1. The number of thioether (sulfide) groups is 1. The van der Waals surface area contributed by atoms with Gasteiger partial charge in [-0.25, -0.2) is 0 Å². The van der Waals surface area contributed by atoms with E-state index in [1.165, 1.54) is 0 Å². The molecule has 0 aliphatic carbocycles. The zero-order valence-corrected chi connectivity index (χ0v) is 10.4. The van der Waals surface area contributed by atoms with Gasteiger partial charge < -0.3 is 10.4 Å². The molecule has 0 aromatic heterocycles. The molecule has 1 aliphatic heterocycles. The van der Waals surface area contributed by atoms with Gasteiger partial charge in [-0.15, -0.1) is 0 Å². The lowest BCUT2D eigenvalue weighted by Crippen LogP contribution is -2.38. The van der Waals surface area contributed by atoms with Gasteiger partial charge in [0.15, 0.2) is 0 Å². The molecule has 1 rings (SSSR count). The molecular weight excluding hydrogens is 210 g/mol. The Balaban J connectivity index is 2.26. The molecule has 0 saturated carbocycles. The number of hydrogen-bond donors (Lipinski definition) is 2. The van der Waals surface area contributed by atoms with Gasteiger partial charge in [0.25, 0.3) is 0 Å². The lowest BCUT2D eigenvalue weighted by molar-refractivity contribution is -0.124. The highest BCUT2D eigenvalue weighted by Gasteiger charge is 2.25. The summed E-state index contributed by atoms with van der Waals surface area (Å²) in [5.41, 5.74) is -0.00381. The normalized spacial score (nSPS) is 21.7. The molecule has 0 aromatic carbocycles. The Bertz CT molecular complexity index is 213. The minimum absolute atomic E-state index is 0.00381. The second-order valence-corrected chi connectivity index (χ2v) is 6.07. The highest BCUT2D eigenvalue weighted by Crippen LogP contribution is 2.24. The van der Waals surface area contributed by atoms with Crippen LogP contribution in [0.4, 0.5) is 0 Å². The molecule has 0 radical (unpaired) electrons. The topological polar surface area (TPSA) is 49.3 Å². The Kier molecular flexibility index (Phi) is 4.93. The van der Waals surface area contributed by atoms with Gasteiger partial charge in [-0.3, -0.25) is 4.79 Å². The van der Waals surface area contributed by atoms with Crippen LogP contribution in [-0.4, -0.2) is 35.7 Å². The zero-order valence-electron chi connectivity index (χ0n) is 9.58. The van der Waals surface area contributed by atoms with Gasteiger partial charge in [0.2, 0.25) is 5.91 Å². The van der Waals surface area contributed by atoms with Crippen LogP contribution in [0.25, 0.3) is 0 Å². The van der Waals surface area contributed by atoms with E-state index in [9.17, 15) is 4.79 Å². The average Bonchev–Trinajstić information content (AvgIpc) is 2.67. The predicted molar refractivity (Wildman–Crippen MR) is 63.9 cm³/mol.